The fraction of sp³-hybridized carbons (Fsp3) is 0.467. The Balaban J connectivity index is 1.70. The second-order valence-electron chi connectivity index (χ2n) is 6.31. The summed E-state index contributed by atoms with van der Waals surface area (Å²) in [5.74, 6) is 1.32. The number of rotatable bonds is 3. The van der Waals surface area contributed by atoms with Crippen molar-refractivity contribution in [3.63, 3.8) is 0 Å². The molecule has 1 aromatic heterocycles. The van der Waals surface area contributed by atoms with Gasteiger partial charge in [-0.1, -0.05) is 12.1 Å². The van der Waals surface area contributed by atoms with Crippen LogP contribution in [0.5, 0.6) is 5.75 Å². The number of para-hydroxylation sites is 1. The molecule has 1 aliphatic rings. The van der Waals surface area contributed by atoms with E-state index in [9.17, 15) is 4.79 Å². The van der Waals surface area contributed by atoms with Gasteiger partial charge in [-0.2, -0.15) is 0 Å². The number of carbonyl (C=O) groups excluding carboxylic acids is 1. The van der Waals surface area contributed by atoms with Gasteiger partial charge in [0, 0.05) is 19.0 Å². The summed E-state index contributed by atoms with van der Waals surface area (Å²) >= 11 is 0. The van der Waals surface area contributed by atoms with Crippen molar-refractivity contribution in [2.45, 2.75) is 38.8 Å². The lowest BCUT2D eigenvalue weighted by atomic mass is 10.0. The Labute approximate surface area is 134 Å². The number of amides is 2. The van der Waals surface area contributed by atoms with Crippen molar-refractivity contribution in [3.8, 4) is 5.75 Å². The van der Waals surface area contributed by atoms with Crippen molar-refractivity contribution >= 4 is 11.7 Å². The van der Waals surface area contributed by atoms with Crippen molar-refractivity contribution in [2.75, 3.05) is 5.32 Å². The molecule has 0 fully saturated rings. The molecule has 2 heterocycles. The van der Waals surface area contributed by atoms with Gasteiger partial charge in [0.1, 0.15) is 11.4 Å². The molecule has 0 aliphatic carbocycles. The van der Waals surface area contributed by atoms with Crippen LogP contribution in [0.25, 0.3) is 0 Å². The maximum atomic E-state index is 12.2. The SMILES string of the molecule is C[C@H](NC(=O)Nc1cccc2c1OC(C)(C)C2)c1nnnn1C. The number of benzene rings is 1. The lowest BCUT2D eigenvalue weighted by Crippen LogP contribution is -2.32. The first kappa shape index (κ1) is 15.3. The standard InChI is InChI=1S/C15H20N6O2/c1-9(13-18-19-20-21(13)4)16-14(22)17-11-7-5-6-10-8-15(2,3)23-12(10)11/h5-7,9H,8H2,1-4H3,(H2,16,17,22)/t9-/m0/s1. The van der Waals surface area contributed by atoms with Gasteiger partial charge in [-0.15, -0.1) is 5.10 Å². The van der Waals surface area contributed by atoms with E-state index in [1.807, 2.05) is 39.0 Å². The van der Waals surface area contributed by atoms with E-state index in [1.165, 1.54) is 4.68 Å². The molecule has 122 valence electrons. The highest BCUT2D eigenvalue weighted by Gasteiger charge is 2.32. The minimum absolute atomic E-state index is 0.256. The highest BCUT2D eigenvalue weighted by atomic mass is 16.5. The van der Waals surface area contributed by atoms with Gasteiger partial charge in [-0.25, -0.2) is 9.48 Å². The molecule has 2 N–H and O–H groups in total. The zero-order valence-electron chi connectivity index (χ0n) is 13.6. The lowest BCUT2D eigenvalue weighted by molar-refractivity contribution is 0.139. The van der Waals surface area contributed by atoms with Crippen LogP contribution in [-0.2, 0) is 13.5 Å². The van der Waals surface area contributed by atoms with Gasteiger partial charge < -0.3 is 15.4 Å². The number of hydrogen-bond donors (Lipinski definition) is 2. The number of fused-ring (bicyclic) bond motifs is 1. The maximum absolute atomic E-state index is 12.2. The minimum Gasteiger partial charge on any atom is -0.485 e. The van der Waals surface area contributed by atoms with Crippen LogP contribution in [0, 0.1) is 0 Å². The van der Waals surface area contributed by atoms with Crippen LogP contribution in [0.3, 0.4) is 0 Å². The van der Waals surface area contributed by atoms with Crippen LogP contribution in [0.1, 0.15) is 38.2 Å². The van der Waals surface area contributed by atoms with E-state index < -0.39 is 0 Å². The normalized spacial score (nSPS) is 16.3. The van der Waals surface area contributed by atoms with Gasteiger partial charge >= 0.3 is 6.03 Å². The predicted octanol–water partition coefficient (Wildman–Crippen LogP) is 1.81. The molecule has 23 heavy (non-hydrogen) atoms. The number of anilines is 1. The number of nitrogens with one attached hydrogen (secondary N) is 2. The Kier molecular flexibility index (Phi) is 3.67. The van der Waals surface area contributed by atoms with Crippen molar-refractivity contribution in [1.82, 2.24) is 25.5 Å². The number of urea groups is 1. The second kappa shape index (κ2) is 5.53. The molecule has 1 aliphatic heterocycles. The highest BCUT2D eigenvalue weighted by molar-refractivity contribution is 5.91. The van der Waals surface area contributed by atoms with E-state index in [0.717, 1.165) is 17.7 Å². The molecule has 1 atom stereocenters. The molecule has 2 aromatic rings. The fourth-order valence-corrected chi connectivity index (χ4v) is 2.74. The highest BCUT2D eigenvalue weighted by Crippen LogP contribution is 2.40. The summed E-state index contributed by atoms with van der Waals surface area (Å²) < 4.78 is 7.47. The van der Waals surface area contributed by atoms with Gasteiger partial charge in [0.2, 0.25) is 0 Å². The number of ether oxygens (including phenoxy) is 1. The topological polar surface area (TPSA) is 94.0 Å². The summed E-state index contributed by atoms with van der Waals surface area (Å²) in [6, 6.07) is 5.11. The largest absolute Gasteiger partial charge is 0.485 e. The van der Waals surface area contributed by atoms with E-state index in [0.29, 0.717) is 11.5 Å². The third-order valence-electron chi connectivity index (χ3n) is 3.73. The van der Waals surface area contributed by atoms with Crippen molar-refractivity contribution in [1.29, 1.82) is 0 Å². The summed E-state index contributed by atoms with van der Waals surface area (Å²) in [7, 11) is 1.73. The maximum Gasteiger partial charge on any atom is 0.319 e. The Morgan fingerprint density at radius 2 is 2.22 bits per heavy atom. The fourth-order valence-electron chi connectivity index (χ4n) is 2.74. The summed E-state index contributed by atoms with van der Waals surface area (Å²) in [5.41, 5.74) is 1.50. The first-order valence-corrected chi connectivity index (χ1v) is 7.46. The number of tetrazole rings is 1. The molecule has 3 rings (SSSR count). The molecular formula is C15H20N6O2. The number of hydrogen-bond acceptors (Lipinski definition) is 5. The molecule has 2 amide bonds. The lowest BCUT2D eigenvalue weighted by Gasteiger charge is -2.19. The zero-order valence-corrected chi connectivity index (χ0v) is 13.6. The smallest absolute Gasteiger partial charge is 0.319 e. The quantitative estimate of drug-likeness (QED) is 0.900. The van der Waals surface area contributed by atoms with Gasteiger partial charge in [-0.05, 0) is 37.3 Å². The Hall–Kier alpha value is -2.64. The van der Waals surface area contributed by atoms with E-state index in [-0.39, 0.29) is 17.7 Å². The first-order valence-electron chi connectivity index (χ1n) is 7.46. The van der Waals surface area contributed by atoms with E-state index in [2.05, 4.69) is 26.2 Å². The third kappa shape index (κ3) is 3.10. The number of aromatic nitrogens is 4. The van der Waals surface area contributed by atoms with Crippen LogP contribution in [0.15, 0.2) is 18.2 Å². The number of aryl methyl sites for hydroxylation is 1. The van der Waals surface area contributed by atoms with Gasteiger partial charge in [0.05, 0.1) is 11.7 Å². The zero-order chi connectivity index (χ0) is 16.6. The monoisotopic (exact) mass is 316 g/mol. The average molecular weight is 316 g/mol. The van der Waals surface area contributed by atoms with Crippen molar-refractivity contribution in [3.05, 3.63) is 29.6 Å². The minimum atomic E-state index is -0.331. The van der Waals surface area contributed by atoms with Gasteiger partial charge in [-0.3, -0.25) is 0 Å². The average Bonchev–Trinajstić information content (AvgIpc) is 3.01. The predicted molar refractivity (Wildman–Crippen MR) is 84.2 cm³/mol. The Morgan fingerprint density at radius 3 is 2.91 bits per heavy atom. The van der Waals surface area contributed by atoms with E-state index >= 15 is 0 Å². The molecule has 0 saturated carbocycles. The molecule has 8 nitrogen and oxygen atoms in total. The van der Waals surface area contributed by atoms with Gasteiger partial charge in [0.25, 0.3) is 0 Å². The van der Waals surface area contributed by atoms with Crippen LogP contribution in [0.2, 0.25) is 0 Å². The molecule has 0 spiro atoms. The molecule has 8 heteroatoms. The van der Waals surface area contributed by atoms with Crippen LogP contribution in [0.4, 0.5) is 10.5 Å². The van der Waals surface area contributed by atoms with Crippen LogP contribution in [-0.4, -0.2) is 31.8 Å². The summed E-state index contributed by atoms with van der Waals surface area (Å²) in [6.45, 7) is 5.88. The van der Waals surface area contributed by atoms with E-state index in [4.69, 9.17) is 4.74 Å². The number of nitrogens with zero attached hydrogens (tertiary/aromatic N) is 4. The molecular weight excluding hydrogens is 296 g/mol. The first-order chi connectivity index (χ1) is 10.9. The molecule has 0 bridgehead atoms. The Bertz CT molecular complexity index is 739. The van der Waals surface area contributed by atoms with Crippen LogP contribution < -0.4 is 15.4 Å². The summed E-state index contributed by atoms with van der Waals surface area (Å²) in [6.07, 6.45) is 0.820. The van der Waals surface area contributed by atoms with Crippen molar-refractivity contribution in [2.24, 2.45) is 7.05 Å². The summed E-state index contributed by atoms with van der Waals surface area (Å²) in [4.78, 5) is 12.2. The Morgan fingerprint density at radius 1 is 1.43 bits per heavy atom. The van der Waals surface area contributed by atoms with Gasteiger partial charge in [0.15, 0.2) is 5.82 Å². The second-order valence-corrected chi connectivity index (χ2v) is 6.31. The van der Waals surface area contributed by atoms with E-state index in [1.54, 1.807) is 7.05 Å². The molecule has 1 aromatic carbocycles. The van der Waals surface area contributed by atoms with Crippen molar-refractivity contribution < 1.29 is 9.53 Å². The third-order valence-corrected chi connectivity index (χ3v) is 3.73. The number of carbonyl (C=O) groups is 1. The molecule has 0 radical (unpaired) electrons. The molecule has 0 unspecified atom stereocenters. The molecule has 0 saturated heterocycles. The summed E-state index contributed by atoms with van der Waals surface area (Å²) in [5, 5.41) is 16.9. The van der Waals surface area contributed by atoms with Crippen LogP contribution >= 0.6 is 0 Å².